The van der Waals surface area contributed by atoms with Gasteiger partial charge >= 0.3 is 0 Å². The largest absolute Gasteiger partial charge is 0.394 e. The molecule has 0 heterocycles. The molecule has 6 nitrogen and oxygen atoms in total. The number of aliphatic hydroxyl groups is 6. The Labute approximate surface area is 75.7 Å². The lowest BCUT2D eigenvalue weighted by atomic mass is 10.0. The summed E-state index contributed by atoms with van der Waals surface area (Å²) in [6.45, 7) is 0.497. The third-order valence-electron chi connectivity index (χ3n) is 1.78. The third kappa shape index (κ3) is 3.55. The maximum Gasteiger partial charge on any atom is 0.111 e. The van der Waals surface area contributed by atoms with Crippen LogP contribution in [0, 0.1) is 0 Å². The molecule has 0 rings (SSSR count). The van der Waals surface area contributed by atoms with Crippen LogP contribution >= 0.6 is 0 Å². The van der Waals surface area contributed by atoms with Gasteiger partial charge in [0.15, 0.2) is 0 Å². The van der Waals surface area contributed by atoms with E-state index in [0.717, 1.165) is 0 Å². The quantitative estimate of drug-likeness (QED) is 0.275. The van der Waals surface area contributed by atoms with E-state index in [4.69, 9.17) is 30.6 Å². The maximum atomic E-state index is 9.13. The summed E-state index contributed by atoms with van der Waals surface area (Å²) in [4.78, 5) is 0. The molecule has 0 fully saturated rings. The predicted octanol–water partition coefficient (Wildman–Crippen LogP) is -3.20. The Morgan fingerprint density at radius 3 is 1.62 bits per heavy atom. The minimum absolute atomic E-state index is 0.731. The first-order valence-corrected chi connectivity index (χ1v) is 3.93. The molecular weight excluding hydrogens is 180 g/mol. The minimum Gasteiger partial charge on any atom is -0.394 e. The van der Waals surface area contributed by atoms with Crippen LogP contribution in [0.2, 0.25) is 0 Å². The Morgan fingerprint density at radius 1 is 0.846 bits per heavy atom. The molecule has 0 spiro atoms. The van der Waals surface area contributed by atoms with Crippen LogP contribution in [0.25, 0.3) is 0 Å². The fourth-order valence-corrected chi connectivity index (χ4v) is 0.823. The van der Waals surface area contributed by atoms with E-state index in [-0.39, 0.29) is 0 Å². The Bertz CT molecular complexity index is 139. The Kier molecular flexibility index (Phi) is 5.38. The van der Waals surface area contributed by atoms with Crippen LogP contribution in [0.3, 0.4) is 0 Å². The molecule has 0 aromatic rings. The summed E-state index contributed by atoms with van der Waals surface area (Å²) in [5.41, 5.74) is 0. The van der Waals surface area contributed by atoms with Gasteiger partial charge in [0.1, 0.15) is 24.4 Å². The highest BCUT2D eigenvalue weighted by Gasteiger charge is 2.32. The summed E-state index contributed by atoms with van der Waals surface area (Å²) in [5.74, 6) is 0. The molecule has 6 heteroatoms. The van der Waals surface area contributed by atoms with Crippen LogP contribution in [0.1, 0.15) is 6.92 Å². The van der Waals surface area contributed by atoms with Crippen molar-refractivity contribution in [3.05, 3.63) is 0 Å². The number of rotatable bonds is 5. The topological polar surface area (TPSA) is 121 Å². The van der Waals surface area contributed by atoms with E-state index in [9.17, 15) is 0 Å². The van der Waals surface area contributed by atoms with Gasteiger partial charge in [0.2, 0.25) is 0 Å². The summed E-state index contributed by atoms with van der Waals surface area (Å²) in [6.07, 6.45) is -7.70. The van der Waals surface area contributed by atoms with E-state index in [0.29, 0.717) is 0 Å². The smallest absolute Gasteiger partial charge is 0.111 e. The highest BCUT2D eigenvalue weighted by molar-refractivity contribution is 4.82. The van der Waals surface area contributed by atoms with Gasteiger partial charge in [0, 0.05) is 0 Å². The van der Waals surface area contributed by atoms with Gasteiger partial charge in [-0.1, -0.05) is 0 Å². The second-order valence-corrected chi connectivity index (χ2v) is 2.96. The standard InChI is InChI=1S/C7H16O6/c1-3(9)5(11)7(13)6(12)4(10)2-8/h3-13H,2H2,1H3/t3-,4+,5-,6+,7+/m0/s1. The van der Waals surface area contributed by atoms with Crippen molar-refractivity contribution in [2.45, 2.75) is 37.4 Å². The van der Waals surface area contributed by atoms with Crippen LogP contribution in [0.4, 0.5) is 0 Å². The highest BCUT2D eigenvalue weighted by Crippen LogP contribution is 2.07. The number of aliphatic hydroxyl groups excluding tert-OH is 6. The van der Waals surface area contributed by atoms with Gasteiger partial charge in [-0.05, 0) is 6.92 Å². The Hall–Kier alpha value is -0.240. The highest BCUT2D eigenvalue weighted by atomic mass is 16.4. The molecule has 0 radical (unpaired) electrons. The Morgan fingerprint density at radius 2 is 1.31 bits per heavy atom. The van der Waals surface area contributed by atoms with E-state index in [1.165, 1.54) is 6.92 Å². The van der Waals surface area contributed by atoms with Crippen molar-refractivity contribution in [2.75, 3.05) is 6.61 Å². The van der Waals surface area contributed by atoms with Crippen LogP contribution in [0.5, 0.6) is 0 Å². The van der Waals surface area contributed by atoms with E-state index in [2.05, 4.69) is 0 Å². The van der Waals surface area contributed by atoms with Crippen molar-refractivity contribution in [1.29, 1.82) is 0 Å². The first-order chi connectivity index (χ1) is 5.91. The second-order valence-electron chi connectivity index (χ2n) is 2.96. The van der Waals surface area contributed by atoms with Gasteiger partial charge in [0.05, 0.1) is 12.7 Å². The van der Waals surface area contributed by atoms with Crippen LogP contribution in [-0.2, 0) is 0 Å². The molecule has 5 atom stereocenters. The molecule has 0 unspecified atom stereocenters. The van der Waals surface area contributed by atoms with Gasteiger partial charge in [-0.15, -0.1) is 0 Å². The van der Waals surface area contributed by atoms with Crippen molar-refractivity contribution >= 4 is 0 Å². The van der Waals surface area contributed by atoms with Crippen molar-refractivity contribution in [1.82, 2.24) is 0 Å². The van der Waals surface area contributed by atoms with Crippen LogP contribution < -0.4 is 0 Å². The van der Waals surface area contributed by atoms with Gasteiger partial charge in [-0.25, -0.2) is 0 Å². The molecule has 0 saturated heterocycles. The van der Waals surface area contributed by atoms with E-state index < -0.39 is 37.1 Å². The number of hydrogen-bond acceptors (Lipinski definition) is 6. The average Bonchev–Trinajstić information content (AvgIpc) is 2.12. The van der Waals surface area contributed by atoms with Gasteiger partial charge in [-0.3, -0.25) is 0 Å². The zero-order valence-electron chi connectivity index (χ0n) is 7.28. The van der Waals surface area contributed by atoms with E-state index in [1.54, 1.807) is 0 Å². The molecule has 0 amide bonds. The minimum atomic E-state index is -1.69. The van der Waals surface area contributed by atoms with Crippen molar-refractivity contribution in [3.8, 4) is 0 Å². The lowest BCUT2D eigenvalue weighted by molar-refractivity contribution is -0.137. The van der Waals surface area contributed by atoms with Crippen molar-refractivity contribution in [2.24, 2.45) is 0 Å². The van der Waals surface area contributed by atoms with Crippen molar-refractivity contribution < 1.29 is 30.6 Å². The number of hydrogen-bond donors (Lipinski definition) is 6. The molecule has 6 N–H and O–H groups in total. The third-order valence-corrected chi connectivity index (χ3v) is 1.78. The fourth-order valence-electron chi connectivity index (χ4n) is 0.823. The summed E-state index contributed by atoms with van der Waals surface area (Å²) in [6, 6.07) is 0. The summed E-state index contributed by atoms with van der Waals surface area (Å²) in [7, 11) is 0. The van der Waals surface area contributed by atoms with Gasteiger partial charge in [-0.2, -0.15) is 0 Å². The van der Waals surface area contributed by atoms with Crippen LogP contribution in [-0.4, -0.2) is 67.8 Å². The zero-order chi connectivity index (χ0) is 10.6. The molecule has 0 aromatic carbocycles. The monoisotopic (exact) mass is 196 g/mol. The zero-order valence-corrected chi connectivity index (χ0v) is 7.28. The molecule has 0 aliphatic heterocycles. The molecule has 0 saturated carbocycles. The van der Waals surface area contributed by atoms with Gasteiger partial charge < -0.3 is 30.6 Å². The molecule has 0 aromatic heterocycles. The Balaban J connectivity index is 4.15. The first kappa shape index (κ1) is 12.8. The SMILES string of the molecule is C[C@H](O)[C@H](O)[C@@H](O)[C@H](O)[C@H](O)CO. The molecular formula is C7H16O6. The molecule has 0 aliphatic carbocycles. The molecule has 0 aliphatic rings. The van der Waals surface area contributed by atoms with Crippen molar-refractivity contribution in [3.63, 3.8) is 0 Å². The van der Waals surface area contributed by atoms with Crippen LogP contribution in [0.15, 0.2) is 0 Å². The summed E-state index contributed by atoms with van der Waals surface area (Å²) < 4.78 is 0. The normalized spacial score (nSPS) is 23.3. The average molecular weight is 196 g/mol. The van der Waals surface area contributed by atoms with Gasteiger partial charge in [0.25, 0.3) is 0 Å². The predicted molar refractivity (Wildman–Crippen MR) is 42.8 cm³/mol. The summed E-state index contributed by atoms with van der Waals surface area (Å²) in [5, 5.41) is 53.4. The first-order valence-electron chi connectivity index (χ1n) is 3.93. The maximum absolute atomic E-state index is 9.13. The lowest BCUT2D eigenvalue weighted by Gasteiger charge is -2.26. The lowest BCUT2D eigenvalue weighted by Crippen LogP contribution is -2.49. The molecule has 80 valence electrons. The van der Waals surface area contributed by atoms with E-state index in [1.807, 2.05) is 0 Å². The molecule has 0 bridgehead atoms. The van der Waals surface area contributed by atoms with E-state index >= 15 is 0 Å². The fraction of sp³-hybridized carbons (Fsp3) is 1.00. The second kappa shape index (κ2) is 5.48. The summed E-state index contributed by atoms with van der Waals surface area (Å²) >= 11 is 0. The molecule has 13 heavy (non-hydrogen) atoms.